The van der Waals surface area contributed by atoms with E-state index in [1.165, 1.54) is 6.92 Å². The van der Waals surface area contributed by atoms with Crippen molar-refractivity contribution in [3.8, 4) is 5.75 Å². The Morgan fingerprint density at radius 2 is 1.42 bits per heavy atom. The first-order valence-corrected chi connectivity index (χ1v) is 12.0. The third-order valence-electron chi connectivity index (χ3n) is 5.07. The molecule has 0 aliphatic heterocycles. The molecule has 0 saturated carbocycles. The van der Waals surface area contributed by atoms with E-state index in [0.29, 0.717) is 12.2 Å². The van der Waals surface area contributed by atoms with Crippen molar-refractivity contribution in [1.82, 2.24) is 21.4 Å². The molecule has 36 heavy (non-hydrogen) atoms. The number of nitrogens with one attached hydrogen (secondary N) is 4. The molecule has 0 aromatic heterocycles. The maximum atomic E-state index is 13.0. The number of carbonyl (C=O) groups is 4. The Bertz CT molecular complexity index is 1010. The molecule has 9 nitrogen and oxygen atoms in total. The Labute approximate surface area is 212 Å². The van der Waals surface area contributed by atoms with Crippen molar-refractivity contribution in [2.45, 2.75) is 71.0 Å². The van der Waals surface area contributed by atoms with Crippen molar-refractivity contribution in [2.75, 3.05) is 0 Å². The molecule has 4 amide bonds. The van der Waals surface area contributed by atoms with E-state index >= 15 is 0 Å². The summed E-state index contributed by atoms with van der Waals surface area (Å²) in [5, 5.41) is 8.14. The molecule has 9 heteroatoms. The fourth-order valence-corrected chi connectivity index (χ4v) is 3.26. The number of hydrogen-bond acceptors (Lipinski definition) is 5. The van der Waals surface area contributed by atoms with Gasteiger partial charge in [-0.15, -0.1) is 0 Å². The topological polar surface area (TPSA) is 126 Å². The molecule has 0 spiro atoms. The Balaban J connectivity index is 1.95. The molecule has 0 aliphatic rings. The van der Waals surface area contributed by atoms with Gasteiger partial charge in [-0.3, -0.25) is 19.2 Å². The van der Waals surface area contributed by atoms with E-state index in [0.717, 1.165) is 5.56 Å². The highest BCUT2D eigenvalue weighted by Crippen LogP contribution is 2.08. The minimum atomic E-state index is -0.982. The van der Waals surface area contributed by atoms with Crippen LogP contribution in [0.2, 0.25) is 0 Å². The van der Waals surface area contributed by atoms with Crippen molar-refractivity contribution >= 4 is 23.6 Å². The average molecular weight is 497 g/mol. The number of rotatable bonds is 12. The number of para-hydroxylation sites is 1. The average Bonchev–Trinajstić information content (AvgIpc) is 2.83. The van der Waals surface area contributed by atoms with Crippen LogP contribution in [0.25, 0.3) is 0 Å². The first-order valence-electron chi connectivity index (χ1n) is 12.0. The standard InChI is InChI=1S/C27H36N4O5/c1-19(25(34)31-36-21-13-9-6-10-14-21)28-26(35)22(16-18-24(33)30-27(2,3)4)29-23(32)17-15-20-11-7-5-8-12-20/h5-14,19,22H,15-18H2,1-4H3,(H,28,35)(H,29,32)(H,30,33)(H,31,34). The van der Waals surface area contributed by atoms with Crippen LogP contribution in [-0.2, 0) is 25.6 Å². The van der Waals surface area contributed by atoms with Gasteiger partial charge >= 0.3 is 0 Å². The first-order chi connectivity index (χ1) is 17.0. The summed E-state index contributed by atoms with van der Waals surface area (Å²) in [6.07, 6.45) is 0.815. The zero-order valence-corrected chi connectivity index (χ0v) is 21.3. The predicted molar refractivity (Wildman–Crippen MR) is 137 cm³/mol. The highest BCUT2D eigenvalue weighted by atomic mass is 16.7. The molecule has 0 bridgehead atoms. The molecule has 194 valence electrons. The molecule has 4 N–H and O–H groups in total. The first kappa shape index (κ1) is 28.4. The van der Waals surface area contributed by atoms with E-state index in [2.05, 4.69) is 21.4 Å². The summed E-state index contributed by atoms with van der Waals surface area (Å²) in [4.78, 5) is 55.4. The molecule has 0 fully saturated rings. The molecule has 0 heterocycles. The van der Waals surface area contributed by atoms with Crippen molar-refractivity contribution in [2.24, 2.45) is 0 Å². The van der Waals surface area contributed by atoms with Crippen LogP contribution in [-0.4, -0.2) is 41.3 Å². The Morgan fingerprint density at radius 1 is 0.806 bits per heavy atom. The summed E-state index contributed by atoms with van der Waals surface area (Å²) in [5.41, 5.74) is 2.88. The van der Waals surface area contributed by atoms with E-state index in [4.69, 9.17) is 4.84 Å². The second-order valence-electron chi connectivity index (χ2n) is 9.55. The largest absolute Gasteiger partial charge is 0.379 e. The molecule has 2 rings (SSSR count). The lowest BCUT2D eigenvalue weighted by Gasteiger charge is -2.23. The molecule has 2 unspecified atom stereocenters. The molecule has 2 aromatic rings. The number of hydrogen-bond donors (Lipinski definition) is 4. The monoisotopic (exact) mass is 496 g/mol. The highest BCUT2D eigenvalue weighted by Gasteiger charge is 2.26. The van der Waals surface area contributed by atoms with Crippen LogP contribution >= 0.6 is 0 Å². The van der Waals surface area contributed by atoms with Gasteiger partial charge in [0.2, 0.25) is 17.7 Å². The van der Waals surface area contributed by atoms with Crippen molar-refractivity contribution in [1.29, 1.82) is 0 Å². The predicted octanol–water partition coefficient (Wildman–Crippen LogP) is 2.41. The molecule has 2 aromatic carbocycles. The zero-order valence-electron chi connectivity index (χ0n) is 21.3. The third-order valence-corrected chi connectivity index (χ3v) is 5.07. The van der Waals surface area contributed by atoms with Crippen LogP contribution in [0.3, 0.4) is 0 Å². The smallest absolute Gasteiger partial charge is 0.274 e. The van der Waals surface area contributed by atoms with Gasteiger partial charge in [-0.1, -0.05) is 48.5 Å². The van der Waals surface area contributed by atoms with Crippen molar-refractivity contribution in [3.05, 3.63) is 66.2 Å². The lowest BCUT2D eigenvalue weighted by molar-refractivity contribution is -0.135. The van der Waals surface area contributed by atoms with E-state index in [1.54, 1.807) is 24.3 Å². The summed E-state index contributed by atoms with van der Waals surface area (Å²) in [7, 11) is 0. The zero-order chi connectivity index (χ0) is 26.6. The quantitative estimate of drug-likeness (QED) is 0.336. The van der Waals surface area contributed by atoms with Crippen LogP contribution in [0.4, 0.5) is 0 Å². The van der Waals surface area contributed by atoms with Crippen molar-refractivity contribution < 1.29 is 24.0 Å². The maximum Gasteiger partial charge on any atom is 0.274 e. The lowest BCUT2D eigenvalue weighted by atomic mass is 10.1. The van der Waals surface area contributed by atoms with Gasteiger partial charge in [0.1, 0.15) is 12.1 Å². The van der Waals surface area contributed by atoms with Crippen LogP contribution in [0, 0.1) is 0 Å². The number of aryl methyl sites for hydroxylation is 1. The van der Waals surface area contributed by atoms with Gasteiger partial charge in [0.05, 0.1) is 0 Å². The SMILES string of the molecule is CC(NC(=O)C(CCC(=O)NC(C)(C)C)NC(=O)CCc1ccccc1)C(=O)NOc1ccccc1. The fraction of sp³-hybridized carbons (Fsp3) is 0.407. The Kier molecular flexibility index (Phi) is 10.9. The van der Waals surface area contributed by atoms with E-state index < -0.39 is 29.4 Å². The van der Waals surface area contributed by atoms with E-state index in [1.807, 2.05) is 57.2 Å². The molecular formula is C27H36N4O5. The Morgan fingerprint density at radius 3 is 2.03 bits per heavy atom. The van der Waals surface area contributed by atoms with Crippen LogP contribution in [0.5, 0.6) is 5.75 Å². The summed E-state index contributed by atoms with van der Waals surface area (Å²) in [5.74, 6) is -1.24. The fourth-order valence-electron chi connectivity index (χ4n) is 3.26. The summed E-state index contributed by atoms with van der Waals surface area (Å²) in [6, 6.07) is 16.3. The van der Waals surface area contributed by atoms with Gasteiger partial charge in [-0.05, 0) is 58.2 Å². The second-order valence-corrected chi connectivity index (χ2v) is 9.55. The van der Waals surface area contributed by atoms with Crippen LogP contribution in [0.1, 0.15) is 52.5 Å². The van der Waals surface area contributed by atoms with Crippen molar-refractivity contribution in [3.63, 3.8) is 0 Å². The second kappa shape index (κ2) is 13.9. The van der Waals surface area contributed by atoms with Crippen LogP contribution < -0.4 is 26.3 Å². The summed E-state index contributed by atoms with van der Waals surface area (Å²) in [6.45, 7) is 7.08. The van der Waals surface area contributed by atoms with Gasteiger partial charge in [-0.2, -0.15) is 5.48 Å². The number of hydroxylamine groups is 1. The molecular weight excluding hydrogens is 460 g/mol. The molecule has 2 atom stereocenters. The summed E-state index contributed by atoms with van der Waals surface area (Å²) >= 11 is 0. The third kappa shape index (κ3) is 11.0. The molecule has 0 saturated heterocycles. The van der Waals surface area contributed by atoms with Crippen LogP contribution in [0.15, 0.2) is 60.7 Å². The van der Waals surface area contributed by atoms with Gasteiger partial charge in [0, 0.05) is 18.4 Å². The van der Waals surface area contributed by atoms with Gasteiger partial charge in [0.15, 0.2) is 5.75 Å². The highest BCUT2D eigenvalue weighted by molar-refractivity contribution is 5.92. The number of benzene rings is 2. The number of amides is 4. The van der Waals surface area contributed by atoms with E-state index in [9.17, 15) is 19.2 Å². The maximum absolute atomic E-state index is 13.0. The Hall–Kier alpha value is -3.88. The minimum Gasteiger partial charge on any atom is -0.379 e. The molecule has 0 aliphatic carbocycles. The van der Waals surface area contributed by atoms with Gasteiger partial charge in [-0.25, -0.2) is 0 Å². The summed E-state index contributed by atoms with van der Waals surface area (Å²) < 4.78 is 0. The van der Waals surface area contributed by atoms with E-state index in [-0.39, 0.29) is 31.1 Å². The van der Waals surface area contributed by atoms with Gasteiger partial charge in [0.25, 0.3) is 5.91 Å². The number of carbonyl (C=O) groups excluding carboxylic acids is 4. The van der Waals surface area contributed by atoms with Gasteiger partial charge < -0.3 is 20.8 Å². The normalized spacial score (nSPS) is 12.6. The molecule has 0 radical (unpaired) electrons. The minimum absolute atomic E-state index is 0.0337. The lowest BCUT2D eigenvalue weighted by Crippen LogP contribution is -2.53.